The lowest BCUT2D eigenvalue weighted by molar-refractivity contribution is -0.384. The summed E-state index contributed by atoms with van der Waals surface area (Å²) in [5, 5.41) is 13.7. The first-order chi connectivity index (χ1) is 17.0. The Bertz CT molecular complexity index is 1560. The van der Waals surface area contributed by atoms with Crippen molar-refractivity contribution in [2.24, 2.45) is 4.99 Å². The van der Waals surface area contributed by atoms with Gasteiger partial charge in [0.1, 0.15) is 10.6 Å². The average Bonchev–Trinajstić information content (AvgIpc) is 3.15. The minimum atomic E-state index is -4.12. The lowest BCUT2D eigenvalue weighted by Crippen LogP contribution is -2.19. The quantitative estimate of drug-likeness (QED) is 0.158. The standard InChI is InChI=1S/C23H15BrClN3O6S2/c1-13-2-6-17(7-3-13)36(32,33)34-20-9-4-15(24)10-14(20)11-21-22(29)27-23(35-21)26-19-8-5-16(28(30)31)12-18(19)25/h2-12H,1H3,(H,26,27,29)/b21-11+. The second-order valence-corrected chi connectivity index (χ2v) is 11.3. The number of aliphatic imine (C=N–C) groups is 1. The zero-order valence-corrected chi connectivity index (χ0v) is 22.2. The number of nitrogens with one attached hydrogen (secondary N) is 1. The molecule has 0 spiro atoms. The van der Waals surface area contributed by atoms with Gasteiger partial charge in [-0.15, -0.1) is 0 Å². The van der Waals surface area contributed by atoms with Crippen molar-refractivity contribution in [3.05, 3.63) is 96.3 Å². The van der Waals surface area contributed by atoms with Crippen molar-refractivity contribution in [1.82, 2.24) is 5.32 Å². The highest BCUT2D eigenvalue weighted by Crippen LogP contribution is 2.35. The molecular weight excluding hydrogens is 594 g/mol. The molecule has 0 radical (unpaired) electrons. The normalized spacial score (nSPS) is 15.8. The van der Waals surface area contributed by atoms with E-state index in [0.29, 0.717) is 10.0 Å². The molecule has 1 saturated heterocycles. The summed E-state index contributed by atoms with van der Waals surface area (Å²) in [5.74, 6) is -0.437. The van der Waals surface area contributed by atoms with E-state index in [-0.39, 0.29) is 37.1 Å². The van der Waals surface area contributed by atoms with Gasteiger partial charge in [0.15, 0.2) is 5.17 Å². The minimum Gasteiger partial charge on any atom is -0.378 e. The molecule has 0 aliphatic carbocycles. The second kappa shape index (κ2) is 10.4. The van der Waals surface area contributed by atoms with Gasteiger partial charge in [-0.3, -0.25) is 14.9 Å². The Labute approximate surface area is 223 Å². The molecule has 1 aliphatic heterocycles. The molecule has 3 aromatic carbocycles. The Hall–Kier alpha value is -3.19. The van der Waals surface area contributed by atoms with Gasteiger partial charge >= 0.3 is 10.1 Å². The number of amidine groups is 1. The fourth-order valence-corrected chi connectivity index (χ4v) is 5.39. The fraction of sp³-hybridized carbons (Fsp3) is 0.0435. The monoisotopic (exact) mass is 607 g/mol. The van der Waals surface area contributed by atoms with E-state index < -0.39 is 20.9 Å². The maximum absolute atomic E-state index is 12.8. The van der Waals surface area contributed by atoms with E-state index in [1.54, 1.807) is 24.3 Å². The molecule has 184 valence electrons. The number of nitrogens with zero attached hydrogens (tertiary/aromatic N) is 2. The molecule has 0 saturated carbocycles. The third kappa shape index (κ3) is 5.95. The van der Waals surface area contributed by atoms with Crippen molar-refractivity contribution in [3.63, 3.8) is 0 Å². The van der Waals surface area contributed by atoms with Crippen LogP contribution in [0.1, 0.15) is 11.1 Å². The summed E-state index contributed by atoms with van der Waals surface area (Å²) < 4.78 is 31.6. The van der Waals surface area contributed by atoms with Crippen LogP contribution in [0.5, 0.6) is 5.75 Å². The average molecular weight is 609 g/mol. The van der Waals surface area contributed by atoms with Gasteiger partial charge in [0, 0.05) is 22.2 Å². The number of benzene rings is 3. The highest BCUT2D eigenvalue weighted by atomic mass is 79.9. The highest BCUT2D eigenvalue weighted by Gasteiger charge is 2.26. The van der Waals surface area contributed by atoms with Gasteiger partial charge in [-0.1, -0.05) is 45.2 Å². The summed E-state index contributed by atoms with van der Waals surface area (Å²) in [6, 6.07) is 14.7. The zero-order chi connectivity index (χ0) is 26.0. The number of nitro benzene ring substituents is 1. The van der Waals surface area contributed by atoms with Gasteiger partial charge in [-0.2, -0.15) is 8.42 Å². The summed E-state index contributed by atoms with van der Waals surface area (Å²) in [6.07, 6.45) is 1.48. The maximum atomic E-state index is 12.8. The van der Waals surface area contributed by atoms with Crippen molar-refractivity contribution in [1.29, 1.82) is 0 Å². The molecule has 1 aliphatic rings. The van der Waals surface area contributed by atoms with E-state index in [0.717, 1.165) is 17.3 Å². The molecule has 1 amide bonds. The molecular formula is C23H15BrClN3O6S2. The molecule has 1 heterocycles. The van der Waals surface area contributed by atoms with Gasteiger partial charge in [-0.25, -0.2) is 4.99 Å². The van der Waals surface area contributed by atoms with Gasteiger partial charge in [-0.05, 0) is 61.2 Å². The van der Waals surface area contributed by atoms with Crippen molar-refractivity contribution in [2.75, 3.05) is 0 Å². The molecule has 13 heteroatoms. The molecule has 3 aromatic rings. The molecule has 1 N–H and O–H groups in total. The van der Waals surface area contributed by atoms with Crippen molar-refractivity contribution >= 4 is 77.9 Å². The van der Waals surface area contributed by atoms with Crippen LogP contribution in [0.2, 0.25) is 5.02 Å². The molecule has 0 aromatic heterocycles. The summed E-state index contributed by atoms with van der Waals surface area (Å²) in [4.78, 5) is 27.4. The number of rotatable bonds is 6. The van der Waals surface area contributed by atoms with Crippen LogP contribution in [-0.4, -0.2) is 24.4 Å². The predicted octanol–water partition coefficient (Wildman–Crippen LogP) is 5.98. The van der Waals surface area contributed by atoms with Crippen LogP contribution >= 0.6 is 39.3 Å². The lowest BCUT2D eigenvalue weighted by Gasteiger charge is -2.10. The maximum Gasteiger partial charge on any atom is 0.339 e. The Kier molecular flexibility index (Phi) is 7.50. The number of carbonyl (C=O) groups is 1. The molecule has 4 rings (SSSR count). The van der Waals surface area contributed by atoms with Crippen LogP contribution < -0.4 is 9.50 Å². The molecule has 0 atom stereocenters. The number of amides is 1. The molecule has 0 unspecified atom stereocenters. The number of hydrogen-bond acceptors (Lipinski definition) is 8. The third-order valence-corrected chi connectivity index (χ3v) is 7.74. The molecule has 1 fully saturated rings. The Morgan fingerprint density at radius 2 is 1.86 bits per heavy atom. The summed E-state index contributed by atoms with van der Waals surface area (Å²) in [6.45, 7) is 1.84. The van der Waals surface area contributed by atoms with Crippen LogP contribution in [-0.2, 0) is 14.9 Å². The van der Waals surface area contributed by atoms with Crippen LogP contribution in [0.4, 0.5) is 11.4 Å². The van der Waals surface area contributed by atoms with E-state index in [4.69, 9.17) is 15.8 Å². The van der Waals surface area contributed by atoms with Gasteiger partial charge < -0.3 is 9.50 Å². The van der Waals surface area contributed by atoms with E-state index in [9.17, 15) is 23.3 Å². The number of thioether (sulfide) groups is 1. The van der Waals surface area contributed by atoms with E-state index in [1.807, 2.05) is 6.92 Å². The molecule has 9 nitrogen and oxygen atoms in total. The second-order valence-electron chi connectivity index (χ2n) is 7.41. The van der Waals surface area contributed by atoms with Crippen molar-refractivity contribution in [2.45, 2.75) is 11.8 Å². The van der Waals surface area contributed by atoms with Crippen molar-refractivity contribution in [3.8, 4) is 5.75 Å². The van der Waals surface area contributed by atoms with E-state index >= 15 is 0 Å². The summed E-state index contributed by atoms with van der Waals surface area (Å²) >= 11 is 10.4. The zero-order valence-electron chi connectivity index (χ0n) is 18.3. The Morgan fingerprint density at radius 3 is 2.53 bits per heavy atom. The van der Waals surface area contributed by atoms with Crippen LogP contribution in [0.15, 0.2) is 79.9 Å². The molecule has 0 bridgehead atoms. The topological polar surface area (TPSA) is 128 Å². The number of carbonyl (C=O) groups excluding carboxylic acids is 1. The van der Waals surface area contributed by atoms with Gasteiger partial charge in [0.05, 0.1) is 20.5 Å². The Morgan fingerprint density at radius 1 is 1.14 bits per heavy atom. The fourth-order valence-electron chi connectivity index (χ4n) is 3.01. The summed E-state index contributed by atoms with van der Waals surface area (Å²) in [5.41, 5.74) is 1.30. The smallest absolute Gasteiger partial charge is 0.339 e. The first-order valence-corrected chi connectivity index (χ1v) is 13.5. The lowest BCUT2D eigenvalue weighted by atomic mass is 10.2. The summed E-state index contributed by atoms with van der Waals surface area (Å²) in [7, 11) is -4.12. The first-order valence-electron chi connectivity index (χ1n) is 10.1. The Balaban J connectivity index is 1.62. The minimum absolute atomic E-state index is 0.00278. The SMILES string of the molecule is Cc1ccc(S(=O)(=O)Oc2ccc(Br)cc2/C=C2/SC(=Nc3ccc([N+](=O)[O-])cc3Cl)NC2=O)cc1. The largest absolute Gasteiger partial charge is 0.378 e. The van der Waals surface area contributed by atoms with Crippen molar-refractivity contribution < 1.29 is 22.3 Å². The van der Waals surface area contributed by atoms with Crippen LogP contribution in [0, 0.1) is 17.0 Å². The third-order valence-electron chi connectivity index (χ3n) is 4.78. The number of halogens is 2. The van der Waals surface area contributed by atoms with E-state index in [2.05, 4.69) is 26.2 Å². The van der Waals surface area contributed by atoms with Crippen LogP contribution in [0.25, 0.3) is 6.08 Å². The molecule has 36 heavy (non-hydrogen) atoms. The number of aryl methyl sites for hydroxylation is 1. The number of hydrogen-bond donors (Lipinski definition) is 1. The number of nitro groups is 1. The first kappa shape index (κ1) is 25.9. The van der Waals surface area contributed by atoms with Crippen LogP contribution in [0.3, 0.4) is 0 Å². The van der Waals surface area contributed by atoms with E-state index in [1.165, 1.54) is 42.5 Å². The highest BCUT2D eigenvalue weighted by molar-refractivity contribution is 9.10. The predicted molar refractivity (Wildman–Crippen MR) is 142 cm³/mol. The number of non-ortho nitro benzene ring substituents is 1. The van der Waals surface area contributed by atoms with Gasteiger partial charge in [0.25, 0.3) is 11.6 Å². The van der Waals surface area contributed by atoms with Gasteiger partial charge in [0.2, 0.25) is 0 Å².